The molecule has 1 rings (SSSR count). The SMILES string of the molecule is COc1cc(C)c(N(C)C(=O)C(C)CN)cc1C. The molecule has 1 aromatic rings. The molecule has 2 N–H and O–H groups in total. The Labute approximate surface area is 109 Å². The number of nitrogens with zero attached hydrogens (tertiary/aromatic N) is 1. The van der Waals surface area contributed by atoms with E-state index in [1.165, 1.54) is 0 Å². The number of amides is 1. The van der Waals surface area contributed by atoms with Crippen molar-refractivity contribution >= 4 is 11.6 Å². The van der Waals surface area contributed by atoms with E-state index in [1.807, 2.05) is 32.9 Å². The molecular weight excluding hydrogens is 228 g/mol. The first-order valence-electron chi connectivity index (χ1n) is 6.05. The van der Waals surface area contributed by atoms with Crippen LogP contribution in [0.4, 0.5) is 5.69 Å². The number of benzene rings is 1. The lowest BCUT2D eigenvalue weighted by Crippen LogP contribution is -2.35. The van der Waals surface area contributed by atoms with Gasteiger partial charge in [-0.3, -0.25) is 4.79 Å². The molecule has 18 heavy (non-hydrogen) atoms. The molecule has 1 atom stereocenters. The Morgan fingerprint density at radius 3 is 2.50 bits per heavy atom. The minimum absolute atomic E-state index is 0.0326. The number of anilines is 1. The van der Waals surface area contributed by atoms with Crippen molar-refractivity contribution in [1.82, 2.24) is 0 Å². The molecule has 0 saturated carbocycles. The molecule has 4 heteroatoms. The number of hydrogen-bond donors (Lipinski definition) is 1. The predicted octanol–water partition coefficient (Wildman–Crippen LogP) is 1.87. The van der Waals surface area contributed by atoms with Crippen molar-refractivity contribution in [2.75, 3.05) is 25.6 Å². The first-order valence-corrected chi connectivity index (χ1v) is 6.05. The lowest BCUT2D eigenvalue weighted by atomic mass is 10.1. The van der Waals surface area contributed by atoms with Gasteiger partial charge in [-0.2, -0.15) is 0 Å². The van der Waals surface area contributed by atoms with Gasteiger partial charge in [0, 0.05) is 25.2 Å². The van der Waals surface area contributed by atoms with Gasteiger partial charge in [-0.15, -0.1) is 0 Å². The van der Waals surface area contributed by atoms with E-state index in [4.69, 9.17) is 10.5 Å². The zero-order valence-electron chi connectivity index (χ0n) is 11.8. The molecule has 0 saturated heterocycles. The highest BCUT2D eigenvalue weighted by Gasteiger charge is 2.19. The molecule has 0 aromatic heterocycles. The van der Waals surface area contributed by atoms with Crippen LogP contribution in [0.2, 0.25) is 0 Å². The van der Waals surface area contributed by atoms with Crippen LogP contribution in [0.1, 0.15) is 18.1 Å². The number of hydrogen-bond acceptors (Lipinski definition) is 3. The van der Waals surface area contributed by atoms with Crippen LogP contribution in [0.5, 0.6) is 5.75 Å². The summed E-state index contributed by atoms with van der Waals surface area (Å²) in [6.45, 7) is 6.13. The van der Waals surface area contributed by atoms with Crippen LogP contribution in [0.3, 0.4) is 0 Å². The first kappa shape index (κ1) is 14.5. The normalized spacial score (nSPS) is 12.1. The first-order chi connectivity index (χ1) is 8.42. The van der Waals surface area contributed by atoms with Gasteiger partial charge >= 0.3 is 0 Å². The maximum absolute atomic E-state index is 12.1. The Morgan fingerprint density at radius 1 is 1.39 bits per heavy atom. The zero-order valence-corrected chi connectivity index (χ0v) is 11.8. The van der Waals surface area contributed by atoms with Gasteiger partial charge in [-0.05, 0) is 37.1 Å². The molecule has 4 nitrogen and oxygen atoms in total. The van der Waals surface area contributed by atoms with E-state index in [0.29, 0.717) is 6.54 Å². The monoisotopic (exact) mass is 250 g/mol. The van der Waals surface area contributed by atoms with Crippen LogP contribution in [-0.4, -0.2) is 26.6 Å². The van der Waals surface area contributed by atoms with Gasteiger partial charge in [-0.25, -0.2) is 0 Å². The second kappa shape index (κ2) is 5.87. The quantitative estimate of drug-likeness (QED) is 0.887. The fourth-order valence-electron chi connectivity index (χ4n) is 1.91. The average Bonchev–Trinajstić information content (AvgIpc) is 2.38. The number of carbonyl (C=O) groups excluding carboxylic acids is 1. The van der Waals surface area contributed by atoms with Gasteiger partial charge in [0.2, 0.25) is 5.91 Å². The fraction of sp³-hybridized carbons (Fsp3) is 0.500. The predicted molar refractivity (Wildman–Crippen MR) is 74.1 cm³/mol. The topological polar surface area (TPSA) is 55.6 Å². The van der Waals surface area contributed by atoms with Gasteiger partial charge in [-0.1, -0.05) is 6.92 Å². The highest BCUT2D eigenvalue weighted by molar-refractivity contribution is 5.95. The van der Waals surface area contributed by atoms with Crippen LogP contribution < -0.4 is 15.4 Å². The summed E-state index contributed by atoms with van der Waals surface area (Å²) in [6.07, 6.45) is 0. The number of carbonyl (C=O) groups is 1. The van der Waals surface area contributed by atoms with Crippen molar-refractivity contribution in [3.63, 3.8) is 0 Å². The summed E-state index contributed by atoms with van der Waals surface area (Å²) in [5.41, 5.74) is 8.46. The fourth-order valence-corrected chi connectivity index (χ4v) is 1.91. The maximum atomic E-state index is 12.1. The maximum Gasteiger partial charge on any atom is 0.230 e. The van der Waals surface area contributed by atoms with Gasteiger partial charge in [0.15, 0.2) is 0 Å². The smallest absolute Gasteiger partial charge is 0.230 e. The van der Waals surface area contributed by atoms with Gasteiger partial charge in [0.25, 0.3) is 0 Å². The van der Waals surface area contributed by atoms with E-state index in [-0.39, 0.29) is 11.8 Å². The molecule has 0 spiro atoms. The molecule has 1 amide bonds. The van der Waals surface area contributed by atoms with Crippen LogP contribution in [0, 0.1) is 19.8 Å². The van der Waals surface area contributed by atoms with Crippen LogP contribution in [-0.2, 0) is 4.79 Å². The van der Waals surface area contributed by atoms with Gasteiger partial charge in [0.05, 0.1) is 7.11 Å². The molecular formula is C14H22N2O2. The summed E-state index contributed by atoms with van der Waals surface area (Å²) >= 11 is 0. The minimum atomic E-state index is -0.170. The van der Waals surface area contributed by atoms with Crippen molar-refractivity contribution in [3.8, 4) is 5.75 Å². The number of methoxy groups -OCH3 is 1. The van der Waals surface area contributed by atoms with Crippen molar-refractivity contribution in [3.05, 3.63) is 23.3 Å². The third-order valence-corrected chi connectivity index (χ3v) is 3.18. The summed E-state index contributed by atoms with van der Waals surface area (Å²) in [7, 11) is 3.43. The number of rotatable bonds is 4. The van der Waals surface area contributed by atoms with Crippen LogP contribution in [0.25, 0.3) is 0 Å². The van der Waals surface area contributed by atoms with E-state index in [9.17, 15) is 4.79 Å². The van der Waals surface area contributed by atoms with Crippen molar-refractivity contribution in [2.24, 2.45) is 11.7 Å². The van der Waals surface area contributed by atoms with E-state index >= 15 is 0 Å². The molecule has 0 aliphatic rings. The number of aryl methyl sites for hydroxylation is 2. The Kier molecular flexibility index (Phi) is 4.73. The van der Waals surface area contributed by atoms with Gasteiger partial charge < -0.3 is 15.4 Å². The number of ether oxygens (including phenoxy) is 1. The Balaban J connectivity index is 3.10. The molecule has 0 radical (unpaired) electrons. The third-order valence-electron chi connectivity index (χ3n) is 3.18. The molecule has 0 fully saturated rings. The zero-order chi connectivity index (χ0) is 13.9. The van der Waals surface area contributed by atoms with Crippen molar-refractivity contribution in [2.45, 2.75) is 20.8 Å². The summed E-state index contributed by atoms with van der Waals surface area (Å²) in [4.78, 5) is 13.8. The standard InChI is InChI=1S/C14H22N2O2/c1-9-7-13(18-5)10(2)6-12(9)16(4)14(17)11(3)8-15/h6-7,11H,8,15H2,1-5H3. The largest absolute Gasteiger partial charge is 0.496 e. The summed E-state index contributed by atoms with van der Waals surface area (Å²) in [5.74, 6) is 0.700. The van der Waals surface area contributed by atoms with E-state index < -0.39 is 0 Å². The highest BCUT2D eigenvalue weighted by Crippen LogP contribution is 2.28. The molecule has 0 aliphatic carbocycles. The molecule has 100 valence electrons. The third kappa shape index (κ3) is 2.82. The molecule has 0 heterocycles. The average molecular weight is 250 g/mol. The number of nitrogens with two attached hydrogens (primary N) is 1. The lowest BCUT2D eigenvalue weighted by Gasteiger charge is -2.23. The van der Waals surface area contributed by atoms with Gasteiger partial charge in [0.1, 0.15) is 5.75 Å². The van der Waals surface area contributed by atoms with Crippen LogP contribution >= 0.6 is 0 Å². The lowest BCUT2D eigenvalue weighted by molar-refractivity contribution is -0.121. The van der Waals surface area contributed by atoms with E-state index in [0.717, 1.165) is 22.6 Å². The molecule has 0 bridgehead atoms. The summed E-state index contributed by atoms with van der Waals surface area (Å²) < 4.78 is 5.27. The second-order valence-electron chi connectivity index (χ2n) is 4.64. The Hall–Kier alpha value is -1.55. The molecule has 0 aliphatic heterocycles. The highest BCUT2D eigenvalue weighted by atomic mass is 16.5. The van der Waals surface area contributed by atoms with E-state index in [2.05, 4.69) is 0 Å². The Morgan fingerprint density at radius 2 is 2.00 bits per heavy atom. The van der Waals surface area contributed by atoms with Crippen LogP contribution in [0.15, 0.2) is 12.1 Å². The Bertz CT molecular complexity index is 444. The van der Waals surface area contributed by atoms with Crippen molar-refractivity contribution < 1.29 is 9.53 Å². The summed E-state index contributed by atoms with van der Waals surface area (Å²) in [6, 6.07) is 3.91. The summed E-state index contributed by atoms with van der Waals surface area (Å²) in [5, 5.41) is 0. The minimum Gasteiger partial charge on any atom is -0.496 e. The second-order valence-corrected chi connectivity index (χ2v) is 4.64. The van der Waals surface area contributed by atoms with E-state index in [1.54, 1.807) is 19.1 Å². The molecule has 1 unspecified atom stereocenters. The van der Waals surface area contributed by atoms with Crippen molar-refractivity contribution in [1.29, 1.82) is 0 Å². The molecule has 1 aromatic carbocycles.